The minimum atomic E-state index is -0.0350. The van der Waals surface area contributed by atoms with Gasteiger partial charge in [0.2, 0.25) is 0 Å². The first-order valence-electron chi connectivity index (χ1n) is 7.24. The number of hydrogen-bond donors (Lipinski definition) is 1. The van der Waals surface area contributed by atoms with E-state index < -0.39 is 0 Å². The molecule has 0 radical (unpaired) electrons. The third kappa shape index (κ3) is 5.65. The van der Waals surface area contributed by atoms with Crippen molar-refractivity contribution in [2.75, 3.05) is 53.0 Å². The Hall–Kier alpha value is -0.160. The summed E-state index contributed by atoms with van der Waals surface area (Å²) in [5, 5.41) is 0. The molecule has 0 aliphatic carbocycles. The summed E-state index contributed by atoms with van der Waals surface area (Å²) >= 11 is 0. The highest BCUT2D eigenvalue weighted by molar-refractivity contribution is 4.86. The first kappa shape index (κ1) is 17.8. The van der Waals surface area contributed by atoms with Gasteiger partial charge >= 0.3 is 0 Å². The van der Waals surface area contributed by atoms with Crippen molar-refractivity contribution in [3.05, 3.63) is 0 Å². The number of nitrogens with zero attached hydrogens (tertiary/aromatic N) is 2. The first-order valence-corrected chi connectivity index (χ1v) is 7.24. The topological polar surface area (TPSA) is 41.7 Å². The van der Waals surface area contributed by atoms with Gasteiger partial charge in [0.25, 0.3) is 0 Å². The molecule has 0 saturated carbocycles. The van der Waals surface area contributed by atoms with Crippen LogP contribution >= 0.6 is 0 Å². The van der Waals surface area contributed by atoms with Crippen LogP contribution in [0.2, 0.25) is 0 Å². The van der Waals surface area contributed by atoms with Gasteiger partial charge in [-0.2, -0.15) is 0 Å². The van der Waals surface area contributed by atoms with E-state index in [1.807, 2.05) is 0 Å². The van der Waals surface area contributed by atoms with Crippen LogP contribution in [0.4, 0.5) is 0 Å². The molecule has 0 spiro atoms. The van der Waals surface area contributed by atoms with Gasteiger partial charge in [-0.3, -0.25) is 4.90 Å². The number of likely N-dealkylation sites (N-methyl/N-ethyl adjacent to an activating group) is 1. The molecule has 0 amide bonds. The number of hydrogen-bond acceptors (Lipinski definition) is 4. The molecule has 0 aliphatic rings. The van der Waals surface area contributed by atoms with E-state index in [1.165, 1.54) is 6.42 Å². The maximum atomic E-state index is 5.92. The monoisotopic (exact) mass is 259 g/mol. The highest BCUT2D eigenvalue weighted by Crippen LogP contribution is 2.14. The molecule has 0 fully saturated rings. The highest BCUT2D eigenvalue weighted by Gasteiger charge is 2.29. The molecular formula is C14H33N3O. The standard InChI is InChI=1S/C14H33N3O/c1-6-16(7-2)10-9-11-17(8-3)14(4,12-15)13-18-5/h6-13,15H2,1-5H3. The molecule has 2 N–H and O–H groups in total. The second-order valence-electron chi connectivity index (χ2n) is 5.09. The molecule has 0 aromatic heterocycles. The second-order valence-corrected chi connectivity index (χ2v) is 5.09. The lowest BCUT2D eigenvalue weighted by atomic mass is 10.0. The van der Waals surface area contributed by atoms with Gasteiger partial charge in [-0.05, 0) is 39.5 Å². The van der Waals surface area contributed by atoms with Crippen molar-refractivity contribution in [3.8, 4) is 0 Å². The zero-order valence-electron chi connectivity index (χ0n) is 13.0. The predicted molar refractivity (Wildman–Crippen MR) is 79.0 cm³/mol. The largest absolute Gasteiger partial charge is 0.383 e. The SMILES string of the molecule is CCN(CC)CCCN(CC)C(C)(CN)COC. The fraction of sp³-hybridized carbons (Fsp3) is 1.00. The average Bonchev–Trinajstić information content (AvgIpc) is 2.39. The van der Waals surface area contributed by atoms with Gasteiger partial charge in [0, 0.05) is 20.2 Å². The molecule has 18 heavy (non-hydrogen) atoms. The van der Waals surface area contributed by atoms with Gasteiger partial charge in [0.1, 0.15) is 0 Å². The molecule has 0 saturated heterocycles. The van der Waals surface area contributed by atoms with E-state index >= 15 is 0 Å². The van der Waals surface area contributed by atoms with Crippen LogP contribution in [0.3, 0.4) is 0 Å². The molecule has 0 rings (SSSR count). The van der Waals surface area contributed by atoms with Crippen molar-refractivity contribution in [3.63, 3.8) is 0 Å². The van der Waals surface area contributed by atoms with Crippen LogP contribution in [0.25, 0.3) is 0 Å². The Morgan fingerprint density at radius 1 is 1.06 bits per heavy atom. The van der Waals surface area contributed by atoms with Crippen LogP contribution in [-0.4, -0.2) is 68.3 Å². The Balaban J connectivity index is 4.24. The molecule has 0 bridgehead atoms. The highest BCUT2D eigenvalue weighted by atomic mass is 16.5. The number of rotatable bonds is 11. The molecule has 4 nitrogen and oxygen atoms in total. The van der Waals surface area contributed by atoms with Crippen molar-refractivity contribution in [2.24, 2.45) is 5.73 Å². The molecule has 0 aromatic carbocycles. The van der Waals surface area contributed by atoms with Crippen molar-refractivity contribution in [1.82, 2.24) is 9.80 Å². The van der Waals surface area contributed by atoms with E-state index in [9.17, 15) is 0 Å². The normalized spacial score (nSPS) is 15.3. The van der Waals surface area contributed by atoms with Gasteiger partial charge in [0.05, 0.1) is 12.1 Å². The zero-order chi connectivity index (χ0) is 14.0. The third-order valence-electron chi connectivity index (χ3n) is 3.84. The Bertz CT molecular complexity index is 197. The third-order valence-corrected chi connectivity index (χ3v) is 3.84. The van der Waals surface area contributed by atoms with Crippen molar-refractivity contribution < 1.29 is 4.74 Å². The van der Waals surface area contributed by atoms with Crippen LogP contribution in [-0.2, 0) is 4.74 Å². The summed E-state index contributed by atoms with van der Waals surface area (Å²) in [6.45, 7) is 15.7. The van der Waals surface area contributed by atoms with Crippen LogP contribution in [0.15, 0.2) is 0 Å². The lowest BCUT2D eigenvalue weighted by molar-refractivity contribution is 0.0279. The van der Waals surface area contributed by atoms with Crippen LogP contribution in [0, 0.1) is 0 Å². The average molecular weight is 259 g/mol. The number of ether oxygens (including phenoxy) is 1. The number of methoxy groups -OCH3 is 1. The predicted octanol–water partition coefficient (Wildman–Crippen LogP) is 1.40. The molecule has 110 valence electrons. The Kier molecular flexibility index (Phi) is 9.64. The smallest absolute Gasteiger partial charge is 0.0656 e. The van der Waals surface area contributed by atoms with Gasteiger partial charge in [-0.1, -0.05) is 20.8 Å². The Morgan fingerprint density at radius 2 is 1.67 bits per heavy atom. The lowest BCUT2D eigenvalue weighted by Crippen LogP contribution is -2.55. The van der Waals surface area contributed by atoms with Gasteiger partial charge in [-0.25, -0.2) is 0 Å². The summed E-state index contributed by atoms with van der Waals surface area (Å²) in [5.74, 6) is 0. The zero-order valence-corrected chi connectivity index (χ0v) is 13.0. The maximum absolute atomic E-state index is 5.92. The van der Waals surface area contributed by atoms with Crippen LogP contribution < -0.4 is 5.73 Å². The fourth-order valence-electron chi connectivity index (χ4n) is 2.43. The summed E-state index contributed by atoms with van der Waals surface area (Å²) < 4.78 is 5.32. The van der Waals surface area contributed by atoms with Gasteiger partial charge in [-0.15, -0.1) is 0 Å². The van der Waals surface area contributed by atoms with Crippen molar-refractivity contribution >= 4 is 0 Å². The van der Waals surface area contributed by atoms with Gasteiger partial charge < -0.3 is 15.4 Å². The van der Waals surface area contributed by atoms with E-state index in [4.69, 9.17) is 10.5 Å². The van der Waals surface area contributed by atoms with E-state index in [0.29, 0.717) is 13.2 Å². The molecule has 1 atom stereocenters. The second kappa shape index (κ2) is 9.73. The molecule has 4 heteroatoms. The molecule has 1 unspecified atom stereocenters. The Labute approximate surface area is 113 Å². The molecule has 0 aliphatic heterocycles. The quantitative estimate of drug-likeness (QED) is 0.609. The van der Waals surface area contributed by atoms with Gasteiger partial charge in [0.15, 0.2) is 0 Å². The summed E-state index contributed by atoms with van der Waals surface area (Å²) in [7, 11) is 1.75. The van der Waals surface area contributed by atoms with E-state index in [-0.39, 0.29) is 5.54 Å². The van der Waals surface area contributed by atoms with E-state index in [0.717, 1.165) is 32.7 Å². The maximum Gasteiger partial charge on any atom is 0.0656 e. The summed E-state index contributed by atoms with van der Waals surface area (Å²) in [4.78, 5) is 4.91. The molecule has 0 aromatic rings. The summed E-state index contributed by atoms with van der Waals surface area (Å²) in [6.07, 6.45) is 1.19. The fourth-order valence-corrected chi connectivity index (χ4v) is 2.43. The summed E-state index contributed by atoms with van der Waals surface area (Å²) in [6, 6.07) is 0. The minimum absolute atomic E-state index is 0.0350. The van der Waals surface area contributed by atoms with Crippen LogP contribution in [0.1, 0.15) is 34.1 Å². The lowest BCUT2D eigenvalue weighted by Gasteiger charge is -2.40. The minimum Gasteiger partial charge on any atom is -0.383 e. The van der Waals surface area contributed by atoms with E-state index in [1.54, 1.807) is 7.11 Å². The number of nitrogens with two attached hydrogens (primary N) is 1. The van der Waals surface area contributed by atoms with Crippen molar-refractivity contribution in [2.45, 2.75) is 39.7 Å². The first-order chi connectivity index (χ1) is 8.57. The Morgan fingerprint density at radius 3 is 2.06 bits per heavy atom. The van der Waals surface area contributed by atoms with E-state index in [2.05, 4.69) is 37.5 Å². The molecular weight excluding hydrogens is 226 g/mol. The van der Waals surface area contributed by atoms with Crippen LogP contribution in [0.5, 0.6) is 0 Å². The molecule has 0 heterocycles. The van der Waals surface area contributed by atoms with Crippen molar-refractivity contribution in [1.29, 1.82) is 0 Å². The summed E-state index contributed by atoms with van der Waals surface area (Å²) in [5.41, 5.74) is 5.89.